The van der Waals surface area contributed by atoms with Crippen LogP contribution in [-0.2, 0) is 6.54 Å². The number of hydrogen-bond donors (Lipinski definition) is 2. The molecule has 0 aliphatic rings. The first-order chi connectivity index (χ1) is 9.06. The van der Waals surface area contributed by atoms with Crippen molar-refractivity contribution in [2.45, 2.75) is 6.54 Å². The SMILES string of the molecule is NC(=S)c1ccc(CNC(=O)c2ccc(Cl)s2)cc1. The number of thiophene rings is 1. The molecular weight excluding hydrogens is 300 g/mol. The number of carbonyl (C=O) groups excluding carboxylic acids is 1. The summed E-state index contributed by atoms with van der Waals surface area (Å²) in [5, 5.41) is 2.83. The van der Waals surface area contributed by atoms with Gasteiger partial charge in [0.25, 0.3) is 5.91 Å². The number of benzene rings is 1. The highest BCUT2D eigenvalue weighted by Gasteiger charge is 2.08. The van der Waals surface area contributed by atoms with Gasteiger partial charge in [0.2, 0.25) is 0 Å². The molecule has 6 heteroatoms. The average Bonchev–Trinajstić information content (AvgIpc) is 2.83. The number of hydrogen-bond acceptors (Lipinski definition) is 3. The van der Waals surface area contributed by atoms with Crippen LogP contribution in [0.4, 0.5) is 0 Å². The zero-order valence-corrected chi connectivity index (χ0v) is 12.2. The number of rotatable bonds is 4. The Kier molecular flexibility index (Phi) is 4.52. The van der Waals surface area contributed by atoms with Crippen LogP contribution >= 0.6 is 35.2 Å². The molecule has 0 radical (unpaired) electrons. The fourth-order valence-electron chi connectivity index (χ4n) is 1.49. The molecule has 19 heavy (non-hydrogen) atoms. The molecule has 1 amide bonds. The van der Waals surface area contributed by atoms with Gasteiger partial charge in [-0.15, -0.1) is 11.3 Å². The number of nitrogens with two attached hydrogens (primary N) is 1. The van der Waals surface area contributed by atoms with Crippen molar-refractivity contribution in [2.75, 3.05) is 0 Å². The average molecular weight is 311 g/mol. The third-order valence-electron chi connectivity index (χ3n) is 2.49. The topological polar surface area (TPSA) is 55.1 Å². The first-order valence-electron chi connectivity index (χ1n) is 5.48. The second-order valence-corrected chi connectivity index (χ2v) is 6.00. The van der Waals surface area contributed by atoms with Crippen LogP contribution in [-0.4, -0.2) is 10.9 Å². The molecule has 3 nitrogen and oxygen atoms in total. The Morgan fingerprint density at radius 1 is 1.26 bits per heavy atom. The Balaban J connectivity index is 1.95. The lowest BCUT2D eigenvalue weighted by molar-refractivity contribution is 0.0955. The van der Waals surface area contributed by atoms with Crippen molar-refractivity contribution in [1.29, 1.82) is 0 Å². The number of amides is 1. The molecule has 2 rings (SSSR count). The number of halogens is 1. The van der Waals surface area contributed by atoms with E-state index in [4.69, 9.17) is 29.6 Å². The Morgan fingerprint density at radius 2 is 1.95 bits per heavy atom. The largest absolute Gasteiger partial charge is 0.389 e. The van der Waals surface area contributed by atoms with Gasteiger partial charge in [0.15, 0.2) is 0 Å². The maximum atomic E-state index is 11.8. The van der Waals surface area contributed by atoms with Crippen LogP contribution in [0.3, 0.4) is 0 Å². The van der Waals surface area contributed by atoms with Gasteiger partial charge in [0.05, 0.1) is 9.21 Å². The lowest BCUT2D eigenvalue weighted by Gasteiger charge is -2.05. The predicted octanol–water partition coefficient (Wildman–Crippen LogP) is 2.97. The van der Waals surface area contributed by atoms with Crippen LogP contribution in [0.5, 0.6) is 0 Å². The molecule has 1 heterocycles. The van der Waals surface area contributed by atoms with Gasteiger partial charge in [-0.25, -0.2) is 0 Å². The maximum Gasteiger partial charge on any atom is 0.261 e. The summed E-state index contributed by atoms with van der Waals surface area (Å²) in [6, 6.07) is 10.9. The molecule has 2 aromatic rings. The van der Waals surface area contributed by atoms with Crippen LogP contribution in [0.2, 0.25) is 4.34 Å². The number of thiocarbonyl (C=S) groups is 1. The summed E-state index contributed by atoms with van der Waals surface area (Å²) in [6.45, 7) is 0.450. The zero-order valence-electron chi connectivity index (χ0n) is 9.85. The molecule has 1 aromatic heterocycles. The minimum absolute atomic E-state index is 0.129. The smallest absolute Gasteiger partial charge is 0.261 e. The van der Waals surface area contributed by atoms with E-state index < -0.39 is 0 Å². The van der Waals surface area contributed by atoms with Crippen LogP contribution in [0.25, 0.3) is 0 Å². The summed E-state index contributed by atoms with van der Waals surface area (Å²) in [4.78, 5) is 12.8. The maximum absolute atomic E-state index is 11.8. The molecule has 0 fully saturated rings. The Morgan fingerprint density at radius 3 is 2.47 bits per heavy atom. The van der Waals surface area contributed by atoms with Crippen molar-refractivity contribution < 1.29 is 4.79 Å². The third-order valence-corrected chi connectivity index (χ3v) is 3.95. The Labute approximate surface area is 125 Å². The van der Waals surface area contributed by atoms with E-state index >= 15 is 0 Å². The van der Waals surface area contributed by atoms with Gasteiger partial charge in [-0.1, -0.05) is 48.1 Å². The molecule has 0 atom stereocenters. The molecule has 3 N–H and O–H groups in total. The Hall–Kier alpha value is -1.43. The van der Waals surface area contributed by atoms with E-state index in [2.05, 4.69) is 5.32 Å². The quantitative estimate of drug-likeness (QED) is 0.854. The van der Waals surface area contributed by atoms with E-state index in [9.17, 15) is 4.79 Å². The molecule has 0 bridgehead atoms. The van der Waals surface area contributed by atoms with E-state index in [-0.39, 0.29) is 5.91 Å². The molecule has 0 spiro atoms. The van der Waals surface area contributed by atoms with E-state index in [0.29, 0.717) is 20.7 Å². The lowest BCUT2D eigenvalue weighted by atomic mass is 10.1. The number of carbonyl (C=O) groups is 1. The highest BCUT2D eigenvalue weighted by Crippen LogP contribution is 2.21. The third kappa shape index (κ3) is 3.76. The monoisotopic (exact) mass is 310 g/mol. The molecule has 0 aliphatic carbocycles. The fourth-order valence-corrected chi connectivity index (χ4v) is 2.59. The van der Waals surface area contributed by atoms with Crippen LogP contribution in [0.1, 0.15) is 20.8 Å². The van der Waals surface area contributed by atoms with E-state index in [0.717, 1.165) is 11.1 Å². The number of nitrogens with one attached hydrogen (secondary N) is 1. The second kappa shape index (κ2) is 6.14. The van der Waals surface area contributed by atoms with Gasteiger partial charge >= 0.3 is 0 Å². The van der Waals surface area contributed by atoms with Crippen LogP contribution in [0, 0.1) is 0 Å². The Bertz CT molecular complexity index is 607. The molecule has 0 unspecified atom stereocenters. The van der Waals surface area contributed by atoms with Crippen LogP contribution in [0.15, 0.2) is 36.4 Å². The fraction of sp³-hybridized carbons (Fsp3) is 0.0769. The highest BCUT2D eigenvalue weighted by atomic mass is 35.5. The van der Waals surface area contributed by atoms with Crippen molar-refractivity contribution in [3.05, 3.63) is 56.7 Å². The molecule has 0 saturated carbocycles. The summed E-state index contributed by atoms with van der Waals surface area (Å²) in [6.07, 6.45) is 0. The lowest BCUT2D eigenvalue weighted by Crippen LogP contribution is -2.21. The van der Waals surface area contributed by atoms with Gasteiger partial charge in [0.1, 0.15) is 4.99 Å². The first kappa shape index (κ1) is 14.0. The minimum atomic E-state index is -0.129. The van der Waals surface area contributed by atoms with Crippen molar-refractivity contribution in [3.8, 4) is 0 Å². The summed E-state index contributed by atoms with van der Waals surface area (Å²) in [5.74, 6) is -0.129. The molecule has 98 valence electrons. The summed E-state index contributed by atoms with van der Waals surface area (Å²) in [7, 11) is 0. The highest BCUT2D eigenvalue weighted by molar-refractivity contribution is 7.80. The summed E-state index contributed by atoms with van der Waals surface area (Å²) >= 11 is 11.9. The van der Waals surface area contributed by atoms with Gasteiger partial charge in [0, 0.05) is 12.1 Å². The van der Waals surface area contributed by atoms with E-state index in [1.165, 1.54) is 11.3 Å². The van der Waals surface area contributed by atoms with Crippen molar-refractivity contribution in [1.82, 2.24) is 5.32 Å². The zero-order chi connectivity index (χ0) is 13.8. The van der Waals surface area contributed by atoms with Gasteiger partial charge in [-0.2, -0.15) is 0 Å². The normalized spacial score (nSPS) is 10.2. The van der Waals surface area contributed by atoms with Gasteiger partial charge in [-0.3, -0.25) is 4.79 Å². The van der Waals surface area contributed by atoms with E-state index in [1.807, 2.05) is 24.3 Å². The van der Waals surface area contributed by atoms with Crippen molar-refractivity contribution in [2.24, 2.45) is 5.73 Å². The second-order valence-electron chi connectivity index (χ2n) is 3.85. The van der Waals surface area contributed by atoms with Crippen molar-refractivity contribution >= 4 is 46.1 Å². The molecule has 1 aromatic carbocycles. The molecular formula is C13H11ClN2OS2. The van der Waals surface area contributed by atoms with Crippen LogP contribution < -0.4 is 11.1 Å². The summed E-state index contributed by atoms with van der Waals surface area (Å²) < 4.78 is 0.603. The molecule has 0 saturated heterocycles. The van der Waals surface area contributed by atoms with Gasteiger partial charge < -0.3 is 11.1 Å². The van der Waals surface area contributed by atoms with Gasteiger partial charge in [-0.05, 0) is 17.7 Å². The summed E-state index contributed by atoms with van der Waals surface area (Å²) in [5.41, 5.74) is 7.31. The minimum Gasteiger partial charge on any atom is -0.389 e. The van der Waals surface area contributed by atoms with Crippen molar-refractivity contribution in [3.63, 3.8) is 0 Å². The predicted molar refractivity (Wildman–Crippen MR) is 82.8 cm³/mol. The molecule has 0 aliphatic heterocycles. The van der Waals surface area contributed by atoms with E-state index in [1.54, 1.807) is 12.1 Å². The first-order valence-corrected chi connectivity index (χ1v) is 7.09. The standard InChI is InChI=1S/C13H11ClN2OS2/c14-11-6-5-10(19-11)13(17)16-7-8-1-3-9(4-2-8)12(15)18/h1-6H,7H2,(H2,15,18)(H,16,17).